The number of hydrogen-bond donors (Lipinski definition) is 2. The van der Waals surface area contributed by atoms with Gasteiger partial charge in [-0.2, -0.15) is 0 Å². The van der Waals surface area contributed by atoms with Gasteiger partial charge in [-0.05, 0) is 48.9 Å². The molecular weight excluding hydrogens is 333 g/mol. The van der Waals surface area contributed by atoms with Gasteiger partial charge in [0.25, 0.3) is 10.0 Å². The van der Waals surface area contributed by atoms with Gasteiger partial charge in [0.1, 0.15) is 10.7 Å². The molecule has 0 unspecified atom stereocenters. The molecule has 5 nitrogen and oxygen atoms in total. The zero-order valence-electron chi connectivity index (χ0n) is 11.3. The average Bonchev–Trinajstić information content (AvgIpc) is 2.42. The van der Waals surface area contributed by atoms with E-state index >= 15 is 0 Å². The summed E-state index contributed by atoms with van der Waals surface area (Å²) in [4.78, 5) is 10.2. The summed E-state index contributed by atoms with van der Waals surface area (Å²) in [6, 6.07) is 7.02. The third-order valence-electron chi connectivity index (χ3n) is 2.90. The third-order valence-corrected chi connectivity index (χ3v) is 4.52. The molecule has 0 aromatic heterocycles. The van der Waals surface area contributed by atoms with E-state index in [0.717, 1.165) is 18.2 Å². The fraction of sp³-hybridized carbons (Fsp3) is 0.0714. The standard InChI is InChI=1S/C14H11ClFNO4S/c1-8-6-10(15)3-5-12(8)17-22(20,21)13-7-9(14(18)19)2-4-11(13)16/h2-7,17H,1H3,(H,18,19). The van der Waals surface area contributed by atoms with Crippen molar-refractivity contribution in [3.63, 3.8) is 0 Å². The van der Waals surface area contributed by atoms with Gasteiger partial charge in [-0.1, -0.05) is 11.6 Å². The minimum absolute atomic E-state index is 0.226. The molecule has 0 bridgehead atoms. The summed E-state index contributed by atoms with van der Waals surface area (Å²) < 4.78 is 40.5. The second-order valence-corrected chi connectivity index (χ2v) is 6.60. The molecular formula is C14H11ClFNO4S. The molecule has 0 spiro atoms. The molecule has 0 fully saturated rings. The van der Waals surface area contributed by atoms with Crippen molar-refractivity contribution in [3.05, 3.63) is 58.4 Å². The third kappa shape index (κ3) is 3.37. The molecule has 22 heavy (non-hydrogen) atoms. The highest BCUT2D eigenvalue weighted by molar-refractivity contribution is 7.92. The summed E-state index contributed by atoms with van der Waals surface area (Å²) in [5.74, 6) is -2.39. The lowest BCUT2D eigenvalue weighted by molar-refractivity contribution is 0.0696. The number of aryl methyl sites for hydroxylation is 1. The lowest BCUT2D eigenvalue weighted by Gasteiger charge is -2.12. The van der Waals surface area contributed by atoms with E-state index < -0.39 is 26.7 Å². The number of hydrogen-bond acceptors (Lipinski definition) is 3. The van der Waals surface area contributed by atoms with Gasteiger partial charge in [0, 0.05) is 5.02 Å². The molecule has 0 aliphatic heterocycles. The second-order valence-electron chi connectivity index (χ2n) is 4.52. The van der Waals surface area contributed by atoms with Gasteiger partial charge in [0.15, 0.2) is 0 Å². The molecule has 2 aromatic carbocycles. The highest BCUT2D eigenvalue weighted by atomic mass is 35.5. The smallest absolute Gasteiger partial charge is 0.335 e. The van der Waals surface area contributed by atoms with E-state index in [0.29, 0.717) is 10.6 Å². The Morgan fingerprint density at radius 3 is 2.50 bits per heavy atom. The van der Waals surface area contributed by atoms with Crippen LogP contribution in [-0.4, -0.2) is 19.5 Å². The summed E-state index contributed by atoms with van der Waals surface area (Å²) in [5, 5.41) is 9.31. The quantitative estimate of drug-likeness (QED) is 0.892. The molecule has 0 amide bonds. The van der Waals surface area contributed by atoms with Crippen molar-refractivity contribution in [2.24, 2.45) is 0 Å². The number of benzene rings is 2. The van der Waals surface area contributed by atoms with Crippen LogP contribution < -0.4 is 4.72 Å². The highest BCUT2D eigenvalue weighted by Crippen LogP contribution is 2.24. The van der Waals surface area contributed by atoms with Crippen LogP contribution in [0.5, 0.6) is 0 Å². The van der Waals surface area contributed by atoms with Crippen molar-refractivity contribution in [1.29, 1.82) is 0 Å². The van der Waals surface area contributed by atoms with Crippen molar-refractivity contribution in [2.75, 3.05) is 4.72 Å². The molecule has 0 heterocycles. The number of halogens is 2. The van der Waals surface area contributed by atoms with Crippen molar-refractivity contribution < 1.29 is 22.7 Å². The molecule has 2 aromatic rings. The topological polar surface area (TPSA) is 83.5 Å². The number of rotatable bonds is 4. The first-order chi connectivity index (χ1) is 10.2. The molecule has 0 atom stereocenters. The Hall–Kier alpha value is -2.12. The van der Waals surface area contributed by atoms with Crippen LogP contribution in [0.25, 0.3) is 0 Å². The number of nitrogens with one attached hydrogen (secondary N) is 1. The Morgan fingerprint density at radius 1 is 1.23 bits per heavy atom. The molecule has 116 valence electrons. The lowest BCUT2D eigenvalue weighted by Crippen LogP contribution is -2.16. The minimum Gasteiger partial charge on any atom is -0.478 e. The van der Waals surface area contributed by atoms with Gasteiger partial charge in [-0.15, -0.1) is 0 Å². The van der Waals surface area contributed by atoms with Crippen LogP contribution in [0.15, 0.2) is 41.3 Å². The normalized spacial score (nSPS) is 11.2. The molecule has 0 radical (unpaired) electrons. The van der Waals surface area contributed by atoms with Gasteiger partial charge in [0.05, 0.1) is 11.3 Å². The van der Waals surface area contributed by atoms with Crippen molar-refractivity contribution in [3.8, 4) is 0 Å². The van der Waals surface area contributed by atoms with Gasteiger partial charge in [0.2, 0.25) is 0 Å². The first-order valence-electron chi connectivity index (χ1n) is 6.02. The summed E-state index contributed by atoms with van der Waals surface area (Å²) in [5.41, 5.74) is 0.449. The molecule has 0 aliphatic rings. The van der Waals surface area contributed by atoms with Crippen LogP contribution in [0, 0.1) is 12.7 Å². The highest BCUT2D eigenvalue weighted by Gasteiger charge is 2.22. The molecule has 8 heteroatoms. The summed E-state index contributed by atoms with van der Waals surface area (Å²) >= 11 is 5.78. The predicted molar refractivity (Wildman–Crippen MR) is 80.4 cm³/mol. The van der Waals surface area contributed by atoms with E-state index in [1.165, 1.54) is 12.1 Å². The second kappa shape index (κ2) is 5.94. The zero-order chi connectivity index (χ0) is 16.5. The van der Waals surface area contributed by atoms with Gasteiger partial charge in [-0.3, -0.25) is 4.72 Å². The average molecular weight is 344 g/mol. The Balaban J connectivity index is 2.46. The van der Waals surface area contributed by atoms with E-state index in [2.05, 4.69) is 4.72 Å². The number of carboxylic acids is 1. The summed E-state index contributed by atoms with van der Waals surface area (Å²) in [6.07, 6.45) is 0. The van der Waals surface area contributed by atoms with E-state index in [1.807, 2.05) is 0 Å². The van der Waals surface area contributed by atoms with Crippen molar-refractivity contribution in [2.45, 2.75) is 11.8 Å². The Kier molecular flexibility index (Phi) is 4.39. The van der Waals surface area contributed by atoms with Crippen LogP contribution in [0.1, 0.15) is 15.9 Å². The minimum atomic E-state index is -4.27. The predicted octanol–water partition coefficient (Wildman–Crippen LogP) is 3.29. The molecule has 0 saturated carbocycles. The molecule has 0 saturated heterocycles. The molecule has 2 N–H and O–H groups in total. The maximum Gasteiger partial charge on any atom is 0.335 e. The van der Waals surface area contributed by atoms with Crippen LogP contribution in [-0.2, 0) is 10.0 Å². The van der Waals surface area contributed by atoms with E-state index in [1.54, 1.807) is 13.0 Å². The number of carbonyl (C=O) groups is 1. The van der Waals surface area contributed by atoms with Crippen molar-refractivity contribution in [1.82, 2.24) is 0 Å². The zero-order valence-corrected chi connectivity index (χ0v) is 12.9. The van der Waals surface area contributed by atoms with Gasteiger partial charge in [-0.25, -0.2) is 17.6 Å². The summed E-state index contributed by atoms with van der Waals surface area (Å²) in [6.45, 7) is 1.63. The number of carboxylic acid groups (broad SMARTS) is 1. The van der Waals surface area contributed by atoms with E-state index in [9.17, 15) is 17.6 Å². The molecule has 2 rings (SSSR count). The SMILES string of the molecule is Cc1cc(Cl)ccc1NS(=O)(=O)c1cc(C(=O)O)ccc1F. The van der Waals surface area contributed by atoms with Crippen LogP contribution in [0.3, 0.4) is 0 Å². The van der Waals surface area contributed by atoms with E-state index in [-0.39, 0.29) is 11.3 Å². The largest absolute Gasteiger partial charge is 0.478 e. The van der Waals surface area contributed by atoms with Gasteiger partial charge < -0.3 is 5.11 Å². The van der Waals surface area contributed by atoms with Crippen LogP contribution >= 0.6 is 11.6 Å². The fourth-order valence-electron chi connectivity index (χ4n) is 1.78. The van der Waals surface area contributed by atoms with E-state index in [4.69, 9.17) is 16.7 Å². The van der Waals surface area contributed by atoms with Crippen molar-refractivity contribution >= 4 is 33.3 Å². The fourth-order valence-corrected chi connectivity index (χ4v) is 3.25. The first-order valence-corrected chi connectivity index (χ1v) is 7.88. The number of anilines is 1. The maximum absolute atomic E-state index is 13.8. The Morgan fingerprint density at radius 2 is 1.91 bits per heavy atom. The first kappa shape index (κ1) is 16.3. The number of sulfonamides is 1. The van der Waals surface area contributed by atoms with Crippen LogP contribution in [0.4, 0.5) is 10.1 Å². The molecule has 0 aliphatic carbocycles. The Bertz CT molecular complexity index is 852. The monoisotopic (exact) mass is 343 g/mol. The lowest BCUT2D eigenvalue weighted by atomic mass is 10.2. The Labute approximate surface area is 131 Å². The van der Waals surface area contributed by atoms with Gasteiger partial charge >= 0.3 is 5.97 Å². The van der Waals surface area contributed by atoms with Crippen LogP contribution in [0.2, 0.25) is 5.02 Å². The summed E-state index contributed by atoms with van der Waals surface area (Å²) in [7, 11) is -4.27. The number of aromatic carboxylic acids is 1. The maximum atomic E-state index is 13.8.